The molecule has 7 atom stereocenters. The van der Waals surface area contributed by atoms with Gasteiger partial charge >= 0.3 is 5.97 Å². The van der Waals surface area contributed by atoms with Gasteiger partial charge in [-0.1, -0.05) is 15.9 Å². The summed E-state index contributed by atoms with van der Waals surface area (Å²) in [5.74, 6) is -2.33. The van der Waals surface area contributed by atoms with Crippen molar-refractivity contribution in [2.24, 2.45) is 11.8 Å². The lowest BCUT2D eigenvalue weighted by molar-refractivity contribution is -0.155. The summed E-state index contributed by atoms with van der Waals surface area (Å²) in [6.07, 6.45) is -0.176. The molecule has 1 spiro atoms. The molecule has 2 bridgehead atoms. The number of esters is 1. The van der Waals surface area contributed by atoms with E-state index in [4.69, 9.17) is 14.2 Å². The van der Waals surface area contributed by atoms with Crippen LogP contribution in [0.2, 0.25) is 0 Å². The maximum atomic E-state index is 13.6. The lowest BCUT2D eigenvalue weighted by Crippen LogP contribution is -2.56. The Morgan fingerprint density at radius 1 is 1.38 bits per heavy atom. The molecule has 0 radical (unpaired) electrons. The minimum absolute atomic E-state index is 0.182. The Hall–Kier alpha value is -2.17. The van der Waals surface area contributed by atoms with Crippen LogP contribution < -0.4 is 10.1 Å². The van der Waals surface area contributed by atoms with Crippen LogP contribution in [0, 0.1) is 11.8 Å². The molecule has 3 fully saturated rings. The monoisotopic (exact) mass is 510 g/mol. The highest BCUT2D eigenvalue weighted by Crippen LogP contribution is 2.60. The van der Waals surface area contributed by atoms with E-state index in [1.54, 1.807) is 45.2 Å². The molecule has 1 aromatic rings. The number of fused-ring (bicyclic) bond motifs is 1. The van der Waals surface area contributed by atoms with Gasteiger partial charge < -0.3 is 29.5 Å². The second-order valence-corrected chi connectivity index (χ2v) is 9.59. The van der Waals surface area contributed by atoms with Crippen LogP contribution in [0.25, 0.3) is 0 Å². The molecule has 3 aliphatic rings. The van der Waals surface area contributed by atoms with Gasteiger partial charge in [-0.3, -0.25) is 14.4 Å². The molecule has 10 heteroatoms. The van der Waals surface area contributed by atoms with Crippen molar-refractivity contribution in [2.45, 2.75) is 48.9 Å². The van der Waals surface area contributed by atoms with Gasteiger partial charge in [0.15, 0.2) is 0 Å². The highest BCUT2D eigenvalue weighted by Gasteiger charge is 2.77. The number of halogens is 1. The van der Waals surface area contributed by atoms with Gasteiger partial charge in [0, 0.05) is 10.5 Å². The predicted molar refractivity (Wildman–Crippen MR) is 117 cm³/mol. The highest BCUT2D eigenvalue weighted by atomic mass is 79.9. The first-order valence-electron chi connectivity index (χ1n) is 10.7. The second kappa shape index (κ2) is 8.64. The zero-order valence-electron chi connectivity index (χ0n) is 18.1. The number of aliphatic hydroxyl groups excluding tert-OH is 1. The number of amides is 2. The number of methoxy groups -OCH3 is 1. The van der Waals surface area contributed by atoms with Crippen LogP contribution in [0.1, 0.15) is 20.3 Å². The summed E-state index contributed by atoms with van der Waals surface area (Å²) in [6, 6.07) is 5.19. The standard InChI is InChI=1S/C22H27BrN2O7/c1-4-31-21(29)15-16-20(28)25(11(2)10-26)18(22(16)9-14(23)17(15)32-22)19(27)24-12-5-7-13(30-3)8-6-12/h5-8,11,14-18,26H,4,9-10H2,1-3H3,(H,24,27)/t11-,14?,15+,16-,17+,18+,22-/m1/s1. The number of alkyl halides is 1. The molecule has 174 valence electrons. The first-order valence-corrected chi connectivity index (χ1v) is 11.6. The van der Waals surface area contributed by atoms with Crippen molar-refractivity contribution in [2.75, 3.05) is 25.6 Å². The van der Waals surface area contributed by atoms with Crippen LogP contribution in [-0.4, -0.2) is 76.7 Å². The lowest BCUT2D eigenvalue weighted by atomic mass is 9.70. The third-order valence-corrected chi connectivity index (χ3v) is 7.48. The van der Waals surface area contributed by atoms with E-state index < -0.39 is 47.5 Å². The number of carbonyl (C=O) groups is 3. The zero-order chi connectivity index (χ0) is 23.2. The first-order chi connectivity index (χ1) is 15.3. The Kier molecular flexibility index (Phi) is 6.21. The molecule has 32 heavy (non-hydrogen) atoms. The SMILES string of the molecule is CCOC(=O)[C@@H]1[C@H]2O[C@@]3(CC2Br)[C@H](C(=O)Nc2ccc(OC)cc2)N([C@H](C)CO)C(=O)[C@@H]13. The molecule has 2 amide bonds. The van der Waals surface area contributed by atoms with E-state index >= 15 is 0 Å². The third kappa shape index (κ3) is 3.39. The Bertz CT molecular complexity index is 910. The van der Waals surface area contributed by atoms with Crippen LogP contribution in [0.5, 0.6) is 5.75 Å². The third-order valence-electron chi connectivity index (χ3n) is 6.63. The average Bonchev–Trinajstić information content (AvgIpc) is 3.37. The summed E-state index contributed by atoms with van der Waals surface area (Å²) in [5.41, 5.74) is -0.655. The lowest BCUT2D eigenvalue weighted by Gasteiger charge is -2.35. The number of aliphatic hydroxyl groups is 1. The van der Waals surface area contributed by atoms with E-state index in [1.807, 2.05) is 0 Å². The number of hydrogen-bond donors (Lipinski definition) is 2. The molecular formula is C22H27BrN2O7. The molecule has 0 aliphatic carbocycles. The predicted octanol–water partition coefficient (Wildman–Crippen LogP) is 1.33. The average molecular weight is 511 g/mol. The number of rotatable bonds is 7. The number of hydrogen-bond acceptors (Lipinski definition) is 7. The van der Waals surface area contributed by atoms with E-state index in [0.717, 1.165) is 0 Å². The quantitative estimate of drug-likeness (QED) is 0.420. The number of likely N-dealkylation sites (tertiary alicyclic amines) is 1. The number of benzene rings is 1. The van der Waals surface area contributed by atoms with Crippen molar-refractivity contribution in [1.29, 1.82) is 0 Å². The van der Waals surface area contributed by atoms with Crippen molar-refractivity contribution in [3.05, 3.63) is 24.3 Å². The largest absolute Gasteiger partial charge is 0.497 e. The van der Waals surface area contributed by atoms with Gasteiger partial charge in [-0.15, -0.1) is 0 Å². The molecule has 1 unspecified atom stereocenters. The molecule has 2 N–H and O–H groups in total. The molecule has 3 saturated heterocycles. The number of nitrogens with one attached hydrogen (secondary N) is 1. The maximum absolute atomic E-state index is 13.6. The fraction of sp³-hybridized carbons (Fsp3) is 0.591. The Morgan fingerprint density at radius 3 is 2.66 bits per heavy atom. The molecule has 0 aromatic heterocycles. The summed E-state index contributed by atoms with van der Waals surface area (Å²) < 4.78 is 16.7. The van der Waals surface area contributed by atoms with Gasteiger partial charge in [-0.05, 0) is 44.5 Å². The number of anilines is 1. The maximum Gasteiger partial charge on any atom is 0.312 e. The summed E-state index contributed by atoms with van der Waals surface area (Å²) in [4.78, 5) is 41.1. The number of nitrogens with zero attached hydrogens (tertiary/aromatic N) is 1. The summed E-state index contributed by atoms with van der Waals surface area (Å²) in [5, 5.41) is 12.7. The van der Waals surface area contributed by atoms with Gasteiger partial charge in [0.1, 0.15) is 17.4 Å². The Balaban J connectivity index is 1.71. The molecule has 1 aromatic carbocycles. The van der Waals surface area contributed by atoms with Crippen LogP contribution >= 0.6 is 15.9 Å². The first kappa shape index (κ1) is 23.0. The normalized spacial score (nSPS) is 33.7. The van der Waals surface area contributed by atoms with Crippen LogP contribution in [0.15, 0.2) is 24.3 Å². The van der Waals surface area contributed by atoms with Crippen molar-refractivity contribution in [1.82, 2.24) is 4.90 Å². The molecule has 3 heterocycles. The van der Waals surface area contributed by atoms with Crippen molar-refractivity contribution >= 4 is 39.4 Å². The molecule has 0 saturated carbocycles. The van der Waals surface area contributed by atoms with Crippen molar-refractivity contribution in [3.8, 4) is 5.75 Å². The molecule has 4 rings (SSSR count). The number of carbonyl (C=O) groups excluding carboxylic acids is 3. The van der Waals surface area contributed by atoms with Gasteiger partial charge in [0.25, 0.3) is 0 Å². The van der Waals surface area contributed by atoms with Gasteiger partial charge in [0.2, 0.25) is 11.8 Å². The zero-order valence-corrected chi connectivity index (χ0v) is 19.7. The fourth-order valence-electron chi connectivity index (χ4n) is 5.32. The Labute approximate surface area is 194 Å². The molecule has 9 nitrogen and oxygen atoms in total. The molecule has 3 aliphatic heterocycles. The summed E-state index contributed by atoms with van der Waals surface area (Å²) in [6.45, 7) is 3.23. The van der Waals surface area contributed by atoms with E-state index in [-0.39, 0.29) is 23.9 Å². The van der Waals surface area contributed by atoms with E-state index in [0.29, 0.717) is 17.9 Å². The van der Waals surface area contributed by atoms with Gasteiger partial charge in [-0.25, -0.2) is 0 Å². The highest BCUT2D eigenvalue weighted by molar-refractivity contribution is 9.09. The molecular weight excluding hydrogens is 484 g/mol. The van der Waals surface area contributed by atoms with Crippen LogP contribution in [0.4, 0.5) is 5.69 Å². The Morgan fingerprint density at radius 2 is 2.06 bits per heavy atom. The summed E-state index contributed by atoms with van der Waals surface area (Å²) >= 11 is 3.58. The van der Waals surface area contributed by atoms with E-state index in [1.165, 1.54) is 4.90 Å². The number of ether oxygens (including phenoxy) is 3. The van der Waals surface area contributed by atoms with E-state index in [9.17, 15) is 19.5 Å². The minimum Gasteiger partial charge on any atom is -0.497 e. The van der Waals surface area contributed by atoms with Crippen LogP contribution in [-0.2, 0) is 23.9 Å². The van der Waals surface area contributed by atoms with Crippen molar-refractivity contribution < 1.29 is 33.7 Å². The fourth-order valence-corrected chi connectivity index (χ4v) is 6.26. The van der Waals surface area contributed by atoms with Crippen LogP contribution in [0.3, 0.4) is 0 Å². The summed E-state index contributed by atoms with van der Waals surface area (Å²) in [7, 11) is 1.55. The smallest absolute Gasteiger partial charge is 0.312 e. The second-order valence-electron chi connectivity index (χ2n) is 8.41. The topological polar surface area (TPSA) is 114 Å². The van der Waals surface area contributed by atoms with E-state index in [2.05, 4.69) is 21.2 Å². The van der Waals surface area contributed by atoms with Gasteiger partial charge in [-0.2, -0.15) is 0 Å². The van der Waals surface area contributed by atoms with Crippen molar-refractivity contribution in [3.63, 3.8) is 0 Å². The van der Waals surface area contributed by atoms with Gasteiger partial charge in [0.05, 0.1) is 44.3 Å². The minimum atomic E-state index is -1.19.